The van der Waals surface area contributed by atoms with Gasteiger partial charge >= 0.3 is 0 Å². The van der Waals surface area contributed by atoms with Crippen LogP contribution in [0.1, 0.15) is 16.1 Å². The first-order valence-electron chi connectivity index (χ1n) is 7.69. The highest BCUT2D eigenvalue weighted by atomic mass is 35.5. The number of ether oxygens (including phenoxy) is 1. The molecule has 0 saturated heterocycles. The molecule has 0 aliphatic heterocycles. The molecule has 3 aromatic rings. The van der Waals surface area contributed by atoms with Gasteiger partial charge in [-0.15, -0.1) is 11.3 Å². The molecule has 0 fully saturated rings. The molecule has 0 aliphatic carbocycles. The molecule has 26 heavy (non-hydrogen) atoms. The first kappa shape index (κ1) is 18.6. The van der Waals surface area contributed by atoms with Crippen LogP contribution in [0.4, 0.5) is 0 Å². The van der Waals surface area contributed by atoms with E-state index in [4.69, 9.17) is 33.7 Å². The number of carbonyl (C=O) groups is 2. The molecule has 2 aromatic heterocycles. The Morgan fingerprint density at radius 3 is 2.77 bits per heavy atom. The van der Waals surface area contributed by atoms with Crippen LogP contribution in [-0.2, 0) is 11.2 Å². The number of nitrogens with two attached hydrogens (primary N) is 1. The van der Waals surface area contributed by atoms with E-state index in [1.165, 1.54) is 11.3 Å². The number of fused-ring (bicyclic) bond motifs is 1. The lowest BCUT2D eigenvalue weighted by molar-refractivity contribution is -0.119. The highest BCUT2D eigenvalue weighted by Gasteiger charge is 2.15. The summed E-state index contributed by atoms with van der Waals surface area (Å²) in [5.41, 5.74) is 7.05. The third-order valence-corrected chi connectivity index (χ3v) is 5.57. The summed E-state index contributed by atoms with van der Waals surface area (Å²) < 4.78 is 6.70. The third-order valence-electron chi connectivity index (χ3n) is 3.64. The van der Waals surface area contributed by atoms with Gasteiger partial charge in [0, 0.05) is 6.54 Å². The van der Waals surface area contributed by atoms with Crippen molar-refractivity contribution in [2.24, 2.45) is 5.73 Å². The molecule has 4 N–H and O–H groups in total. The molecule has 2 amide bonds. The molecule has 0 radical (unpaired) electrons. The summed E-state index contributed by atoms with van der Waals surface area (Å²) in [7, 11) is 0. The van der Waals surface area contributed by atoms with Crippen molar-refractivity contribution in [2.45, 2.75) is 6.42 Å². The average Bonchev–Trinajstić information content (AvgIpc) is 3.14. The van der Waals surface area contributed by atoms with Crippen molar-refractivity contribution in [3.05, 3.63) is 50.9 Å². The maximum absolute atomic E-state index is 12.3. The molecule has 9 heteroatoms. The van der Waals surface area contributed by atoms with E-state index in [2.05, 4.69) is 10.3 Å². The van der Waals surface area contributed by atoms with E-state index in [0.717, 1.165) is 10.3 Å². The molecule has 0 atom stereocenters. The number of hydrogen-bond acceptors (Lipinski definition) is 4. The third kappa shape index (κ3) is 4.12. The lowest BCUT2D eigenvalue weighted by Gasteiger charge is -2.10. The summed E-state index contributed by atoms with van der Waals surface area (Å²) in [6, 6.07) is 9.01. The maximum atomic E-state index is 12.3. The predicted octanol–water partition coefficient (Wildman–Crippen LogP) is 3.37. The summed E-state index contributed by atoms with van der Waals surface area (Å²) >= 11 is 13.4. The Morgan fingerprint density at radius 1 is 1.27 bits per heavy atom. The summed E-state index contributed by atoms with van der Waals surface area (Å²) in [4.78, 5) is 26.1. The Hall–Kier alpha value is -2.22. The fraction of sp³-hybridized carbons (Fsp3) is 0.176. The number of aromatic amines is 1. The number of amides is 2. The Morgan fingerprint density at radius 2 is 2.04 bits per heavy atom. The monoisotopic (exact) mass is 411 g/mol. The second kappa shape index (κ2) is 7.99. The number of thiophene rings is 1. The molecule has 0 bridgehead atoms. The minimum absolute atomic E-state index is 0.189. The maximum Gasteiger partial charge on any atom is 0.267 e. The lowest BCUT2D eigenvalue weighted by atomic mass is 10.1. The molecule has 3 rings (SSSR count). The van der Waals surface area contributed by atoms with Gasteiger partial charge in [-0.1, -0.05) is 41.4 Å². The molecule has 2 heterocycles. The van der Waals surface area contributed by atoms with Gasteiger partial charge in [-0.3, -0.25) is 9.59 Å². The molecular weight excluding hydrogens is 397 g/mol. The highest BCUT2D eigenvalue weighted by Crippen LogP contribution is 2.38. The van der Waals surface area contributed by atoms with Gasteiger partial charge in [0.25, 0.3) is 11.8 Å². The van der Waals surface area contributed by atoms with Crippen molar-refractivity contribution in [3.63, 3.8) is 0 Å². The van der Waals surface area contributed by atoms with E-state index < -0.39 is 5.91 Å². The van der Waals surface area contributed by atoms with E-state index in [1.807, 2.05) is 12.1 Å². The Labute approximate surface area is 163 Å². The fourth-order valence-electron chi connectivity index (χ4n) is 2.45. The van der Waals surface area contributed by atoms with Gasteiger partial charge in [-0.2, -0.15) is 0 Å². The number of aromatic nitrogens is 1. The molecule has 0 saturated carbocycles. The van der Waals surface area contributed by atoms with Crippen LogP contribution in [0.25, 0.3) is 10.2 Å². The zero-order valence-electron chi connectivity index (χ0n) is 13.5. The number of hydrogen-bond donors (Lipinski definition) is 3. The van der Waals surface area contributed by atoms with Crippen LogP contribution in [0, 0.1) is 0 Å². The van der Waals surface area contributed by atoms with Crippen LogP contribution in [-0.4, -0.2) is 29.9 Å². The average molecular weight is 412 g/mol. The smallest absolute Gasteiger partial charge is 0.267 e. The summed E-state index contributed by atoms with van der Waals surface area (Å²) in [5.74, 6) is -0.211. The van der Waals surface area contributed by atoms with Gasteiger partial charge in [-0.25, -0.2) is 0 Å². The number of benzene rings is 1. The number of carbonyl (C=O) groups excluding carboxylic acids is 2. The van der Waals surface area contributed by atoms with Gasteiger partial charge in [0.2, 0.25) is 0 Å². The molecular formula is C17H15Cl2N3O3S. The van der Waals surface area contributed by atoms with Crippen molar-refractivity contribution < 1.29 is 14.3 Å². The molecule has 0 spiro atoms. The number of rotatable bonds is 7. The van der Waals surface area contributed by atoms with Gasteiger partial charge in [0.1, 0.15) is 15.8 Å². The molecule has 6 nitrogen and oxygen atoms in total. The van der Waals surface area contributed by atoms with Crippen molar-refractivity contribution in [1.29, 1.82) is 0 Å². The van der Waals surface area contributed by atoms with Crippen molar-refractivity contribution in [1.82, 2.24) is 10.3 Å². The Bertz CT molecular complexity index is 967. The minimum Gasteiger partial charge on any atom is -0.484 e. The minimum atomic E-state index is -0.543. The highest BCUT2D eigenvalue weighted by molar-refractivity contribution is 7.23. The summed E-state index contributed by atoms with van der Waals surface area (Å²) in [5, 5.41) is 3.26. The fourth-order valence-corrected chi connectivity index (χ4v) is 3.93. The van der Waals surface area contributed by atoms with Gasteiger partial charge in [0.05, 0.1) is 15.2 Å². The van der Waals surface area contributed by atoms with Gasteiger partial charge in [0.15, 0.2) is 6.61 Å². The lowest BCUT2D eigenvalue weighted by Crippen LogP contribution is -2.26. The quantitative estimate of drug-likeness (QED) is 0.555. The van der Waals surface area contributed by atoms with E-state index in [-0.39, 0.29) is 12.5 Å². The SMILES string of the molecule is NC(=O)COc1ccccc1CCNC(=O)c1cc2sc(Cl)c(Cl)c2[nH]1. The van der Waals surface area contributed by atoms with E-state index >= 15 is 0 Å². The van der Waals surface area contributed by atoms with Crippen molar-refractivity contribution >= 4 is 56.6 Å². The van der Waals surface area contributed by atoms with Gasteiger partial charge in [-0.05, 0) is 24.1 Å². The topological polar surface area (TPSA) is 97.2 Å². The predicted molar refractivity (Wildman–Crippen MR) is 103 cm³/mol. The molecule has 0 unspecified atom stereocenters. The van der Waals surface area contributed by atoms with E-state index in [0.29, 0.717) is 39.3 Å². The number of primary amides is 1. The number of halogens is 2. The zero-order valence-corrected chi connectivity index (χ0v) is 15.8. The Balaban J connectivity index is 1.60. The molecule has 136 valence electrons. The number of para-hydroxylation sites is 1. The van der Waals surface area contributed by atoms with Crippen LogP contribution in [0.15, 0.2) is 30.3 Å². The molecule has 1 aromatic carbocycles. The number of H-pyrrole nitrogens is 1. The first-order chi connectivity index (χ1) is 12.5. The second-order valence-electron chi connectivity index (χ2n) is 5.48. The van der Waals surface area contributed by atoms with Crippen LogP contribution in [0.3, 0.4) is 0 Å². The van der Waals surface area contributed by atoms with Gasteiger partial charge < -0.3 is 20.8 Å². The van der Waals surface area contributed by atoms with Crippen LogP contribution in [0.5, 0.6) is 5.75 Å². The van der Waals surface area contributed by atoms with Crippen molar-refractivity contribution in [3.8, 4) is 5.75 Å². The van der Waals surface area contributed by atoms with E-state index in [9.17, 15) is 9.59 Å². The normalized spacial score (nSPS) is 10.8. The largest absolute Gasteiger partial charge is 0.484 e. The standard InChI is InChI=1S/C17H15Cl2N3O3S/c18-14-15-12(26-16(14)19)7-10(22-15)17(24)21-6-5-9-3-1-2-4-11(9)25-8-13(20)23/h1-4,7,22H,5-6,8H2,(H2,20,23)(H,21,24). The van der Waals surface area contributed by atoms with Crippen molar-refractivity contribution in [2.75, 3.05) is 13.2 Å². The first-order valence-corrected chi connectivity index (χ1v) is 9.26. The molecule has 0 aliphatic rings. The summed E-state index contributed by atoms with van der Waals surface area (Å²) in [6.45, 7) is 0.211. The van der Waals surface area contributed by atoms with Crippen LogP contribution < -0.4 is 15.8 Å². The zero-order chi connectivity index (χ0) is 18.7. The van der Waals surface area contributed by atoms with E-state index in [1.54, 1.807) is 18.2 Å². The second-order valence-corrected chi connectivity index (χ2v) is 7.51. The number of nitrogens with one attached hydrogen (secondary N) is 2. The van der Waals surface area contributed by atoms with Crippen LogP contribution >= 0.6 is 34.5 Å². The van der Waals surface area contributed by atoms with Crippen LogP contribution in [0.2, 0.25) is 9.36 Å². The Kier molecular flexibility index (Phi) is 5.70. The summed E-state index contributed by atoms with van der Waals surface area (Å²) in [6.07, 6.45) is 0.544.